The molecule has 2 heteroatoms. The van der Waals surface area contributed by atoms with E-state index in [0.29, 0.717) is 0 Å². The number of nitrogens with one attached hydrogen (secondary N) is 1. The minimum atomic E-state index is -0.198. The smallest absolute Gasteiger partial charge is 0.123 e. The molecule has 0 atom stereocenters. The lowest BCUT2D eigenvalue weighted by Crippen LogP contribution is -1.85. The molecule has 1 N–H and O–H groups in total. The molecule has 3 aromatic rings. The summed E-state index contributed by atoms with van der Waals surface area (Å²) in [5.74, 6) is -0.198. The molecule has 0 unspecified atom stereocenters. The SMILES string of the molecule is CCc1[nH]c2ccccc2c1-c1ccc(F)cc1. The van der Waals surface area contributed by atoms with Gasteiger partial charge in [0.2, 0.25) is 0 Å². The summed E-state index contributed by atoms with van der Waals surface area (Å²) in [7, 11) is 0. The van der Waals surface area contributed by atoms with Crippen LogP contribution in [0.25, 0.3) is 22.0 Å². The Labute approximate surface area is 105 Å². The van der Waals surface area contributed by atoms with Gasteiger partial charge in [-0.1, -0.05) is 37.3 Å². The minimum Gasteiger partial charge on any atom is -0.358 e. The maximum absolute atomic E-state index is 13.0. The third kappa shape index (κ3) is 1.70. The van der Waals surface area contributed by atoms with Gasteiger partial charge >= 0.3 is 0 Å². The Morgan fingerprint density at radius 1 is 1.00 bits per heavy atom. The summed E-state index contributed by atoms with van der Waals surface area (Å²) in [6.07, 6.45) is 0.932. The minimum absolute atomic E-state index is 0.198. The first-order chi connectivity index (χ1) is 8.79. The Balaban J connectivity index is 2.29. The van der Waals surface area contributed by atoms with Crippen LogP contribution in [0.5, 0.6) is 0 Å². The molecule has 0 aliphatic rings. The van der Waals surface area contributed by atoms with Crippen LogP contribution in [0, 0.1) is 5.82 Å². The summed E-state index contributed by atoms with van der Waals surface area (Å²) in [6, 6.07) is 14.9. The van der Waals surface area contributed by atoms with E-state index in [4.69, 9.17) is 0 Å². The second-order valence-corrected chi connectivity index (χ2v) is 4.38. The zero-order valence-corrected chi connectivity index (χ0v) is 10.2. The first kappa shape index (κ1) is 11.0. The summed E-state index contributed by atoms with van der Waals surface area (Å²) >= 11 is 0. The molecule has 1 heterocycles. The average Bonchev–Trinajstić information content (AvgIpc) is 2.78. The number of hydrogen-bond acceptors (Lipinski definition) is 0. The maximum atomic E-state index is 13.0. The molecule has 0 radical (unpaired) electrons. The van der Waals surface area contributed by atoms with Gasteiger partial charge < -0.3 is 4.98 Å². The van der Waals surface area contributed by atoms with Gasteiger partial charge in [-0.3, -0.25) is 0 Å². The maximum Gasteiger partial charge on any atom is 0.123 e. The lowest BCUT2D eigenvalue weighted by Gasteiger charge is -2.03. The summed E-state index contributed by atoms with van der Waals surface area (Å²) in [4.78, 5) is 3.43. The van der Waals surface area contributed by atoms with Crippen molar-refractivity contribution < 1.29 is 4.39 Å². The van der Waals surface area contributed by atoms with Crippen LogP contribution in [0.15, 0.2) is 48.5 Å². The quantitative estimate of drug-likeness (QED) is 0.676. The number of benzene rings is 2. The van der Waals surface area contributed by atoms with E-state index in [9.17, 15) is 4.39 Å². The predicted molar refractivity (Wildman–Crippen MR) is 73.1 cm³/mol. The standard InChI is InChI=1S/C16H14FN/c1-2-14-16(11-7-9-12(17)10-8-11)13-5-3-4-6-15(13)18-14/h3-10,18H,2H2,1H3. The van der Waals surface area contributed by atoms with Gasteiger partial charge in [0, 0.05) is 22.2 Å². The summed E-state index contributed by atoms with van der Waals surface area (Å²) in [6.45, 7) is 2.12. The molecule has 0 amide bonds. The third-order valence-electron chi connectivity index (χ3n) is 3.27. The van der Waals surface area contributed by atoms with Gasteiger partial charge in [-0.15, -0.1) is 0 Å². The fourth-order valence-corrected chi connectivity index (χ4v) is 2.41. The summed E-state index contributed by atoms with van der Waals surface area (Å²) < 4.78 is 13.0. The van der Waals surface area contributed by atoms with Gasteiger partial charge in [0.15, 0.2) is 0 Å². The molecule has 0 saturated heterocycles. The van der Waals surface area contributed by atoms with Gasteiger partial charge in [0.05, 0.1) is 0 Å². The van der Waals surface area contributed by atoms with Crippen LogP contribution in [0.3, 0.4) is 0 Å². The number of fused-ring (bicyclic) bond motifs is 1. The molecule has 2 aromatic carbocycles. The van der Waals surface area contributed by atoms with E-state index in [0.717, 1.165) is 17.5 Å². The Hall–Kier alpha value is -2.09. The average molecular weight is 239 g/mol. The van der Waals surface area contributed by atoms with Gasteiger partial charge in [0.1, 0.15) is 5.82 Å². The molecule has 90 valence electrons. The number of hydrogen-bond donors (Lipinski definition) is 1. The Kier molecular flexibility index (Phi) is 2.63. The van der Waals surface area contributed by atoms with Crippen LogP contribution in [-0.2, 0) is 6.42 Å². The number of aromatic nitrogens is 1. The zero-order valence-electron chi connectivity index (χ0n) is 10.2. The normalized spacial score (nSPS) is 11.0. The number of H-pyrrole nitrogens is 1. The fourth-order valence-electron chi connectivity index (χ4n) is 2.41. The molecular weight excluding hydrogens is 225 g/mol. The summed E-state index contributed by atoms with van der Waals surface area (Å²) in [5, 5.41) is 1.20. The highest BCUT2D eigenvalue weighted by atomic mass is 19.1. The van der Waals surface area contributed by atoms with Crippen LogP contribution in [-0.4, -0.2) is 4.98 Å². The van der Waals surface area contributed by atoms with Gasteiger partial charge in [-0.25, -0.2) is 4.39 Å². The summed E-state index contributed by atoms with van der Waals surface area (Å²) in [5.41, 5.74) is 4.58. The van der Waals surface area contributed by atoms with Crippen LogP contribution in [0.2, 0.25) is 0 Å². The molecule has 1 aromatic heterocycles. The van der Waals surface area contributed by atoms with Crippen molar-refractivity contribution in [2.24, 2.45) is 0 Å². The Morgan fingerprint density at radius 2 is 1.72 bits per heavy atom. The van der Waals surface area contributed by atoms with Crippen LogP contribution in [0.1, 0.15) is 12.6 Å². The number of rotatable bonds is 2. The van der Waals surface area contributed by atoms with Crippen molar-refractivity contribution in [1.29, 1.82) is 0 Å². The molecule has 0 spiro atoms. The van der Waals surface area contributed by atoms with E-state index in [2.05, 4.69) is 24.0 Å². The largest absolute Gasteiger partial charge is 0.358 e. The van der Waals surface area contributed by atoms with Gasteiger partial charge in [-0.2, -0.15) is 0 Å². The molecule has 0 aliphatic carbocycles. The zero-order chi connectivity index (χ0) is 12.5. The monoisotopic (exact) mass is 239 g/mol. The Morgan fingerprint density at radius 3 is 2.44 bits per heavy atom. The molecular formula is C16H14FN. The number of para-hydroxylation sites is 1. The van der Waals surface area contributed by atoms with E-state index >= 15 is 0 Å². The lowest BCUT2D eigenvalue weighted by atomic mass is 10.0. The molecule has 3 rings (SSSR count). The van der Waals surface area contributed by atoms with Crippen LogP contribution < -0.4 is 0 Å². The van der Waals surface area contributed by atoms with Gasteiger partial charge in [0.25, 0.3) is 0 Å². The van der Waals surface area contributed by atoms with Crippen LogP contribution >= 0.6 is 0 Å². The molecule has 18 heavy (non-hydrogen) atoms. The van der Waals surface area contributed by atoms with Crippen LogP contribution in [0.4, 0.5) is 4.39 Å². The molecule has 0 aliphatic heterocycles. The van der Waals surface area contributed by atoms with Gasteiger partial charge in [-0.05, 0) is 30.2 Å². The van der Waals surface area contributed by atoms with Crippen molar-refractivity contribution in [2.45, 2.75) is 13.3 Å². The molecule has 1 nitrogen and oxygen atoms in total. The van der Waals surface area contributed by atoms with E-state index in [1.807, 2.05) is 24.3 Å². The highest BCUT2D eigenvalue weighted by Gasteiger charge is 2.11. The number of aromatic amines is 1. The van der Waals surface area contributed by atoms with E-state index in [1.54, 1.807) is 0 Å². The first-order valence-corrected chi connectivity index (χ1v) is 6.15. The first-order valence-electron chi connectivity index (χ1n) is 6.15. The second kappa shape index (κ2) is 4.30. The number of halogens is 1. The highest BCUT2D eigenvalue weighted by molar-refractivity contribution is 5.97. The lowest BCUT2D eigenvalue weighted by molar-refractivity contribution is 0.628. The third-order valence-corrected chi connectivity index (χ3v) is 3.27. The van der Waals surface area contributed by atoms with Crippen molar-refractivity contribution in [2.75, 3.05) is 0 Å². The highest BCUT2D eigenvalue weighted by Crippen LogP contribution is 2.32. The topological polar surface area (TPSA) is 15.8 Å². The predicted octanol–water partition coefficient (Wildman–Crippen LogP) is 4.54. The van der Waals surface area contributed by atoms with E-state index in [1.165, 1.54) is 28.8 Å². The van der Waals surface area contributed by atoms with E-state index < -0.39 is 0 Å². The molecule has 0 bridgehead atoms. The van der Waals surface area contributed by atoms with E-state index in [-0.39, 0.29) is 5.82 Å². The van der Waals surface area contributed by atoms with Crippen molar-refractivity contribution in [3.05, 3.63) is 60.0 Å². The second-order valence-electron chi connectivity index (χ2n) is 4.38. The van der Waals surface area contributed by atoms with Crippen molar-refractivity contribution in [1.82, 2.24) is 4.98 Å². The molecule has 0 saturated carbocycles. The van der Waals surface area contributed by atoms with Crippen molar-refractivity contribution in [3.63, 3.8) is 0 Å². The number of aryl methyl sites for hydroxylation is 1. The molecule has 0 fully saturated rings. The van der Waals surface area contributed by atoms with Crippen molar-refractivity contribution in [3.8, 4) is 11.1 Å². The van der Waals surface area contributed by atoms with Crippen molar-refractivity contribution >= 4 is 10.9 Å². The fraction of sp³-hybridized carbons (Fsp3) is 0.125. The Bertz CT molecular complexity index is 680.